The number of nitrogens with zero attached hydrogens (tertiary/aromatic N) is 1. The summed E-state index contributed by atoms with van der Waals surface area (Å²) in [5.74, 6) is -0.0785. The zero-order valence-electron chi connectivity index (χ0n) is 11.1. The highest BCUT2D eigenvalue weighted by Crippen LogP contribution is 2.03. The van der Waals surface area contributed by atoms with Crippen molar-refractivity contribution in [3.05, 3.63) is 30.3 Å². The van der Waals surface area contributed by atoms with Crippen LogP contribution in [0.1, 0.15) is 0 Å². The van der Waals surface area contributed by atoms with Crippen LogP contribution in [-0.2, 0) is 9.59 Å². The van der Waals surface area contributed by atoms with Crippen LogP contribution in [0.25, 0.3) is 0 Å². The van der Waals surface area contributed by atoms with Crippen LogP contribution in [0.4, 0.5) is 5.69 Å². The quantitative estimate of drug-likeness (QED) is 0.721. The predicted octanol–water partition coefficient (Wildman–Crippen LogP) is -0.772. The van der Waals surface area contributed by atoms with Gasteiger partial charge in [-0.2, -0.15) is 0 Å². The molecule has 18 heavy (non-hydrogen) atoms. The van der Waals surface area contributed by atoms with Gasteiger partial charge in [0.25, 0.3) is 11.8 Å². The topological polar surface area (TPSA) is 53.9 Å². The Morgan fingerprint density at radius 1 is 1.17 bits per heavy atom. The van der Waals surface area contributed by atoms with Gasteiger partial charge in [0.2, 0.25) is 0 Å². The number of carbonyl (C=O) groups excluding carboxylic acids is 2. The zero-order chi connectivity index (χ0) is 13.5. The minimum Gasteiger partial charge on any atom is -0.344 e. The van der Waals surface area contributed by atoms with Gasteiger partial charge in [-0.15, -0.1) is 0 Å². The number of nitrogens with one attached hydrogen (secondary N) is 2. The average Bonchev–Trinajstić information content (AvgIpc) is 2.29. The van der Waals surface area contributed by atoms with Crippen molar-refractivity contribution >= 4 is 17.5 Å². The molecule has 1 unspecified atom stereocenters. The SMILES string of the molecule is CN(C)C(=O)C[NH+](C)CC(=O)Nc1ccccc1. The highest BCUT2D eigenvalue weighted by molar-refractivity contribution is 5.91. The molecule has 98 valence electrons. The highest BCUT2D eigenvalue weighted by Gasteiger charge is 2.15. The number of amides is 2. The van der Waals surface area contributed by atoms with Gasteiger partial charge in [-0.3, -0.25) is 9.59 Å². The fraction of sp³-hybridized carbons (Fsp3) is 0.385. The van der Waals surface area contributed by atoms with Crippen molar-refractivity contribution < 1.29 is 14.5 Å². The molecule has 0 aliphatic rings. The van der Waals surface area contributed by atoms with E-state index in [1.54, 1.807) is 14.1 Å². The second-order valence-corrected chi connectivity index (χ2v) is 4.51. The van der Waals surface area contributed by atoms with E-state index in [4.69, 9.17) is 0 Å². The Bertz CT molecular complexity index is 404. The summed E-state index contributed by atoms with van der Waals surface area (Å²) in [5, 5.41) is 2.79. The molecule has 2 N–H and O–H groups in total. The Labute approximate surface area is 107 Å². The molecule has 1 rings (SSSR count). The maximum absolute atomic E-state index is 11.7. The minimum atomic E-state index is -0.0924. The fourth-order valence-corrected chi connectivity index (χ4v) is 1.48. The largest absolute Gasteiger partial charge is 0.344 e. The number of hydrogen-bond donors (Lipinski definition) is 2. The number of anilines is 1. The van der Waals surface area contributed by atoms with E-state index in [1.165, 1.54) is 4.90 Å². The summed E-state index contributed by atoms with van der Waals surface area (Å²) in [5.41, 5.74) is 0.772. The van der Waals surface area contributed by atoms with Crippen molar-refractivity contribution in [1.29, 1.82) is 0 Å². The van der Waals surface area contributed by atoms with Crippen molar-refractivity contribution in [2.75, 3.05) is 39.5 Å². The molecule has 5 heteroatoms. The number of hydrogen-bond acceptors (Lipinski definition) is 2. The van der Waals surface area contributed by atoms with Gasteiger partial charge in [0.1, 0.15) is 0 Å². The normalized spacial score (nSPS) is 11.7. The van der Waals surface area contributed by atoms with E-state index in [9.17, 15) is 9.59 Å². The second kappa shape index (κ2) is 6.76. The molecule has 0 aromatic heterocycles. The van der Waals surface area contributed by atoms with Crippen molar-refractivity contribution in [2.45, 2.75) is 0 Å². The number of carbonyl (C=O) groups is 2. The molecule has 0 fully saturated rings. The maximum atomic E-state index is 11.7. The molecule has 0 radical (unpaired) electrons. The summed E-state index contributed by atoms with van der Waals surface area (Å²) >= 11 is 0. The molecule has 2 amide bonds. The van der Waals surface area contributed by atoms with Crippen LogP contribution in [0, 0.1) is 0 Å². The number of quaternary nitrogens is 1. The molecule has 1 aromatic carbocycles. The van der Waals surface area contributed by atoms with Gasteiger partial charge >= 0.3 is 0 Å². The van der Waals surface area contributed by atoms with Gasteiger partial charge in [-0.05, 0) is 12.1 Å². The molecular weight excluding hydrogens is 230 g/mol. The fourth-order valence-electron chi connectivity index (χ4n) is 1.48. The molecule has 0 heterocycles. The van der Waals surface area contributed by atoms with Gasteiger partial charge in [0, 0.05) is 19.8 Å². The van der Waals surface area contributed by atoms with E-state index in [0.717, 1.165) is 10.6 Å². The van der Waals surface area contributed by atoms with Gasteiger partial charge in [-0.1, -0.05) is 18.2 Å². The van der Waals surface area contributed by atoms with Gasteiger partial charge < -0.3 is 15.1 Å². The molecule has 0 saturated heterocycles. The lowest BCUT2D eigenvalue weighted by Gasteiger charge is -2.16. The lowest BCUT2D eigenvalue weighted by molar-refractivity contribution is -0.862. The third kappa shape index (κ3) is 4.97. The third-order valence-corrected chi connectivity index (χ3v) is 2.47. The smallest absolute Gasteiger partial charge is 0.279 e. The van der Waals surface area contributed by atoms with Crippen LogP contribution in [0.2, 0.25) is 0 Å². The number of benzene rings is 1. The first-order chi connectivity index (χ1) is 8.49. The molecule has 0 bridgehead atoms. The van der Waals surface area contributed by atoms with Crippen molar-refractivity contribution in [1.82, 2.24) is 4.90 Å². The number of para-hydroxylation sites is 1. The third-order valence-electron chi connectivity index (χ3n) is 2.47. The van der Waals surface area contributed by atoms with Crippen LogP contribution >= 0.6 is 0 Å². The Hall–Kier alpha value is -1.88. The number of likely N-dealkylation sites (N-methyl/N-ethyl adjacent to an activating group) is 2. The summed E-state index contributed by atoms with van der Waals surface area (Å²) in [6.07, 6.45) is 0. The first kappa shape index (κ1) is 14.2. The van der Waals surface area contributed by atoms with Crippen molar-refractivity contribution in [2.24, 2.45) is 0 Å². The molecule has 0 saturated carbocycles. The maximum Gasteiger partial charge on any atom is 0.279 e. The average molecular weight is 250 g/mol. The summed E-state index contributed by atoms with van der Waals surface area (Å²) in [4.78, 5) is 25.6. The van der Waals surface area contributed by atoms with E-state index >= 15 is 0 Å². The summed E-state index contributed by atoms with van der Waals surface area (Å²) in [7, 11) is 5.24. The minimum absolute atomic E-state index is 0.0139. The lowest BCUT2D eigenvalue weighted by atomic mass is 10.3. The van der Waals surface area contributed by atoms with Gasteiger partial charge in [0.05, 0.1) is 7.05 Å². The Balaban J connectivity index is 2.38. The van der Waals surface area contributed by atoms with E-state index in [1.807, 2.05) is 37.4 Å². The summed E-state index contributed by atoms with van der Waals surface area (Å²) < 4.78 is 0. The van der Waals surface area contributed by atoms with Crippen molar-refractivity contribution in [3.8, 4) is 0 Å². The van der Waals surface area contributed by atoms with E-state index in [0.29, 0.717) is 6.54 Å². The monoisotopic (exact) mass is 250 g/mol. The van der Waals surface area contributed by atoms with Crippen LogP contribution in [0.15, 0.2) is 30.3 Å². The van der Waals surface area contributed by atoms with Gasteiger partial charge in [0.15, 0.2) is 13.1 Å². The number of rotatable bonds is 5. The molecule has 1 atom stereocenters. The molecular formula is C13H20N3O2+. The van der Waals surface area contributed by atoms with Crippen LogP contribution in [-0.4, -0.2) is 50.9 Å². The van der Waals surface area contributed by atoms with Crippen LogP contribution < -0.4 is 10.2 Å². The van der Waals surface area contributed by atoms with Crippen molar-refractivity contribution in [3.63, 3.8) is 0 Å². The molecule has 0 spiro atoms. The standard InChI is InChI=1S/C13H19N3O2/c1-15(2)13(18)10-16(3)9-12(17)14-11-7-5-4-6-8-11/h4-8H,9-10H2,1-3H3,(H,14,17)/p+1. The summed E-state index contributed by atoms with van der Waals surface area (Å²) in [6.45, 7) is 0.587. The van der Waals surface area contributed by atoms with E-state index in [2.05, 4.69) is 5.32 Å². The predicted molar refractivity (Wildman–Crippen MR) is 70.4 cm³/mol. The second-order valence-electron chi connectivity index (χ2n) is 4.51. The van der Waals surface area contributed by atoms with Crippen LogP contribution in [0.5, 0.6) is 0 Å². The van der Waals surface area contributed by atoms with Gasteiger partial charge in [-0.25, -0.2) is 0 Å². The highest BCUT2D eigenvalue weighted by atomic mass is 16.2. The van der Waals surface area contributed by atoms with E-state index < -0.39 is 0 Å². The Kier molecular flexibility index (Phi) is 5.32. The molecule has 0 aliphatic carbocycles. The van der Waals surface area contributed by atoms with Crippen LogP contribution in [0.3, 0.4) is 0 Å². The van der Waals surface area contributed by atoms with E-state index in [-0.39, 0.29) is 18.4 Å². The Morgan fingerprint density at radius 3 is 2.33 bits per heavy atom. The first-order valence-corrected chi connectivity index (χ1v) is 5.85. The first-order valence-electron chi connectivity index (χ1n) is 5.85. The Morgan fingerprint density at radius 2 is 1.78 bits per heavy atom. The summed E-state index contributed by atoms with van der Waals surface area (Å²) in [6, 6.07) is 9.28. The molecule has 1 aromatic rings. The zero-order valence-corrected chi connectivity index (χ0v) is 11.1. The lowest BCUT2D eigenvalue weighted by Crippen LogP contribution is -3.11. The molecule has 5 nitrogen and oxygen atoms in total. The molecule has 0 aliphatic heterocycles.